The first-order valence-corrected chi connectivity index (χ1v) is 10.7. The van der Waals surface area contributed by atoms with Gasteiger partial charge >= 0.3 is 5.97 Å². The lowest BCUT2D eigenvalue weighted by atomic mass is 10.1. The van der Waals surface area contributed by atoms with E-state index in [1.807, 2.05) is 0 Å². The number of benzene rings is 2. The molecule has 150 valence electrons. The van der Waals surface area contributed by atoms with E-state index < -0.39 is 27.9 Å². The number of para-hydroxylation sites is 1. The zero-order chi connectivity index (χ0) is 20.9. The van der Waals surface area contributed by atoms with Gasteiger partial charge in [0.25, 0.3) is 0 Å². The van der Waals surface area contributed by atoms with E-state index in [-0.39, 0.29) is 23.5 Å². The van der Waals surface area contributed by atoms with Crippen molar-refractivity contribution in [2.75, 3.05) is 22.5 Å². The fourth-order valence-electron chi connectivity index (χ4n) is 2.64. The van der Waals surface area contributed by atoms with Crippen LogP contribution in [0.3, 0.4) is 0 Å². The lowest BCUT2D eigenvalue weighted by Crippen LogP contribution is -2.45. The van der Waals surface area contributed by atoms with Gasteiger partial charge in [0.15, 0.2) is 0 Å². The molecule has 0 fully saturated rings. The number of amides is 1. The zero-order valence-electron chi connectivity index (χ0n) is 15.7. The third-order valence-corrected chi connectivity index (χ3v) is 5.31. The maximum atomic E-state index is 12.8. The van der Waals surface area contributed by atoms with E-state index >= 15 is 0 Å². The largest absolute Gasteiger partial charge is 0.462 e. The maximum absolute atomic E-state index is 12.8. The van der Waals surface area contributed by atoms with Gasteiger partial charge in [-0.1, -0.05) is 29.8 Å². The van der Waals surface area contributed by atoms with Crippen molar-refractivity contribution in [3.8, 4) is 0 Å². The predicted molar refractivity (Wildman–Crippen MR) is 109 cm³/mol. The Morgan fingerprint density at radius 2 is 1.86 bits per heavy atom. The number of carbonyl (C=O) groups excluding carboxylic acids is 2. The summed E-state index contributed by atoms with van der Waals surface area (Å²) < 4.78 is 30.6. The van der Waals surface area contributed by atoms with Crippen LogP contribution in [0.5, 0.6) is 0 Å². The predicted octanol–water partition coefficient (Wildman–Crippen LogP) is 3.31. The highest BCUT2D eigenvalue weighted by Crippen LogP contribution is 2.25. The Bertz CT molecular complexity index is 978. The Labute approximate surface area is 169 Å². The van der Waals surface area contributed by atoms with E-state index in [1.54, 1.807) is 43.3 Å². The number of anilines is 2. The third kappa shape index (κ3) is 5.24. The minimum Gasteiger partial charge on any atom is -0.462 e. The third-order valence-electron chi connectivity index (χ3n) is 3.83. The van der Waals surface area contributed by atoms with E-state index in [2.05, 4.69) is 5.32 Å². The van der Waals surface area contributed by atoms with Crippen molar-refractivity contribution in [2.45, 2.75) is 19.9 Å². The summed E-state index contributed by atoms with van der Waals surface area (Å²) in [6, 6.07) is 11.5. The minimum atomic E-state index is -3.78. The molecule has 1 N–H and O–H groups in total. The molecule has 0 heterocycles. The molecule has 7 nitrogen and oxygen atoms in total. The van der Waals surface area contributed by atoms with Crippen LogP contribution >= 0.6 is 11.6 Å². The van der Waals surface area contributed by atoms with Crippen LogP contribution in [-0.2, 0) is 19.6 Å². The van der Waals surface area contributed by atoms with Crippen LogP contribution in [-0.4, -0.2) is 39.2 Å². The van der Waals surface area contributed by atoms with Gasteiger partial charge in [0.1, 0.15) is 6.04 Å². The summed E-state index contributed by atoms with van der Waals surface area (Å²) in [5.41, 5.74) is 0.673. The maximum Gasteiger partial charge on any atom is 0.340 e. The Balaban J connectivity index is 2.34. The monoisotopic (exact) mass is 424 g/mol. The highest BCUT2D eigenvalue weighted by Gasteiger charge is 2.30. The van der Waals surface area contributed by atoms with Gasteiger partial charge in [0, 0.05) is 5.02 Å². The first kappa shape index (κ1) is 21.7. The van der Waals surface area contributed by atoms with E-state index in [1.165, 1.54) is 19.1 Å². The fraction of sp³-hybridized carbons (Fsp3) is 0.263. The van der Waals surface area contributed by atoms with Gasteiger partial charge in [-0.3, -0.25) is 9.10 Å². The number of ether oxygens (including phenoxy) is 1. The number of carbonyl (C=O) groups is 2. The van der Waals surface area contributed by atoms with Crippen LogP contribution in [0.25, 0.3) is 0 Å². The second-order valence-corrected chi connectivity index (χ2v) is 8.27. The van der Waals surface area contributed by atoms with Crippen molar-refractivity contribution in [3.63, 3.8) is 0 Å². The van der Waals surface area contributed by atoms with Crippen LogP contribution in [0.2, 0.25) is 5.02 Å². The molecule has 0 saturated heterocycles. The van der Waals surface area contributed by atoms with Gasteiger partial charge in [0.05, 0.1) is 29.8 Å². The Hall–Kier alpha value is -2.58. The van der Waals surface area contributed by atoms with Crippen molar-refractivity contribution in [1.29, 1.82) is 0 Å². The molecule has 0 aliphatic heterocycles. The number of hydrogen-bond donors (Lipinski definition) is 1. The van der Waals surface area contributed by atoms with Crippen LogP contribution < -0.4 is 9.62 Å². The standard InChI is InChI=1S/C19H21ClN2O5S/c1-4-27-19(24)16-10-5-6-11-17(16)21-18(23)13(2)22(28(3,25)26)15-9-7-8-14(20)12-15/h5-13H,4H2,1-3H3,(H,21,23)/t13-/m0/s1. The number of esters is 1. The molecule has 0 aromatic heterocycles. The molecule has 0 saturated carbocycles. The quantitative estimate of drug-likeness (QED) is 0.688. The summed E-state index contributed by atoms with van der Waals surface area (Å²) >= 11 is 5.96. The second-order valence-electron chi connectivity index (χ2n) is 5.97. The lowest BCUT2D eigenvalue weighted by molar-refractivity contribution is -0.116. The lowest BCUT2D eigenvalue weighted by Gasteiger charge is -2.28. The van der Waals surface area contributed by atoms with Crippen molar-refractivity contribution < 1.29 is 22.7 Å². The van der Waals surface area contributed by atoms with Gasteiger partial charge in [0.2, 0.25) is 15.9 Å². The molecule has 2 aromatic rings. The van der Waals surface area contributed by atoms with Crippen LogP contribution in [0, 0.1) is 0 Å². The molecule has 0 radical (unpaired) electrons. The first-order valence-electron chi connectivity index (χ1n) is 8.47. The minimum absolute atomic E-state index is 0.179. The zero-order valence-corrected chi connectivity index (χ0v) is 17.3. The summed E-state index contributed by atoms with van der Waals surface area (Å²) in [6.07, 6.45) is 1.00. The van der Waals surface area contributed by atoms with Crippen molar-refractivity contribution in [3.05, 3.63) is 59.1 Å². The summed E-state index contributed by atoms with van der Waals surface area (Å²) in [5, 5.41) is 2.95. The Kier molecular flexibility index (Phi) is 7.04. The van der Waals surface area contributed by atoms with Gasteiger partial charge in [-0.2, -0.15) is 0 Å². The summed E-state index contributed by atoms with van der Waals surface area (Å²) in [7, 11) is -3.78. The van der Waals surface area contributed by atoms with Crippen LogP contribution in [0.4, 0.5) is 11.4 Å². The first-order chi connectivity index (χ1) is 13.1. The van der Waals surface area contributed by atoms with Crippen molar-refractivity contribution in [1.82, 2.24) is 0 Å². The Morgan fingerprint density at radius 3 is 2.46 bits per heavy atom. The topological polar surface area (TPSA) is 92.8 Å². The average Bonchev–Trinajstić information content (AvgIpc) is 2.61. The molecule has 2 rings (SSSR count). The molecule has 0 bridgehead atoms. The molecule has 2 aromatic carbocycles. The van der Waals surface area contributed by atoms with E-state index in [0.717, 1.165) is 10.6 Å². The average molecular weight is 425 g/mol. The van der Waals surface area contributed by atoms with Gasteiger partial charge in [-0.25, -0.2) is 13.2 Å². The summed E-state index contributed by atoms with van der Waals surface area (Å²) in [5.74, 6) is -1.19. The van der Waals surface area contributed by atoms with Crippen molar-refractivity contribution in [2.24, 2.45) is 0 Å². The second kappa shape index (κ2) is 9.07. The highest BCUT2D eigenvalue weighted by molar-refractivity contribution is 7.92. The number of nitrogens with zero attached hydrogens (tertiary/aromatic N) is 1. The number of nitrogens with one attached hydrogen (secondary N) is 1. The van der Waals surface area contributed by atoms with E-state index in [4.69, 9.17) is 16.3 Å². The summed E-state index contributed by atoms with van der Waals surface area (Å²) in [6.45, 7) is 3.31. The van der Waals surface area contributed by atoms with Crippen LogP contribution in [0.1, 0.15) is 24.2 Å². The molecule has 0 aliphatic carbocycles. The van der Waals surface area contributed by atoms with Crippen LogP contribution in [0.15, 0.2) is 48.5 Å². The molecule has 0 spiro atoms. The molecule has 1 atom stereocenters. The van der Waals surface area contributed by atoms with Gasteiger partial charge < -0.3 is 10.1 Å². The Morgan fingerprint density at radius 1 is 1.18 bits per heavy atom. The van der Waals surface area contributed by atoms with Crippen molar-refractivity contribution >= 4 is 44.9 Å². The SMILES string of the molecule is CCOC(=O)c1ccccc1NC(=O)[C@H](C)N(c1cccc(Cl)c1)S(C)(=O)=O. The molecule has 28 heavy (non-hydrogen) atoms. The molecular formula is C19H21ClN2O5S. The van der Waals surface area contributed by atoms with E-state index in [0.29, 0.717) is 5.02 Å². The van der Waals surface area contributed by atoms with E-state index in [9.17, 15) is 18.0 Å². The molecule has 0 aliphatic rings. The summed E-state index contributed by atoms with van der Waals surface area (Å²) in [4.78, 5) is 24.9. The molecule has 9 heteroatoms. The molecule has 0 unspecified atom stereocenters. The number of halogens is 1. The number of sulfonamides is 1. The van der Waals surface area contributed by atoms with Gasteiger partial charge in [-0.15, -0.1) is 0 Å². The van der Waals surface area contributed by atoms with Gasteiger partial charge in [-0.05, 0) is 44.2 Å². The normalized spacial score (nSPS) is 12.1. The highest BCUT2D eigenvalue weighted by atomic mass is 35.5. The molecule has 1 amide bonds. The number of rotatable bonds is 7. The molecular weight excluding hydrogens is 404 g/mol. The number of hydrogen-bond acceptors (Lipinski definition) is 5. The fourth-order valence-corrected chi connectivity index (χ4v) is 3.99. The smallest absolute Gasteiger partial charge is 0.340 e.